The van der Waals surface area contributed by atoms with Crippen molar-refractivity contribution < 1.29 is 0 Å². The standard InChI is InChI=1S/C11H15N3.C10H14N4.2C10H13N3.5CH4/c1-8-9(11(2,3)4)10-12-6-5-7-14(10)13-8;1-10(2,3)7-8(11)13-14-6-4-5-12-9(7)14;1-10(2,3)8-7-12-13-6-4-5-11-9(8)13;1-10(2,3)8-7-11-9-5-4-6-12-13(8)9;;;;;/h5-7H,1-4H3;4-6H,1-3H3,(H2,11,13);2*4-7H,1-3H3;5*1H4. The molecule has 0 amide bonds. The van der Waals surface area contributed by atoms with Gasteiger partial charge in [0.25, 0.3) is 0 Å². The molecular weight excluding hydrogens is 735 g/mol. The molecular formula is C46H75N13. The van der Waals surface area contributed by atoms with Gasteiger partial charge in [0.05, 0.1) is 23.8 Å². The average molecular weight is 810 g/mol. The molecule has 8 aromatic rings. The quantitative estimate of drug-likeness (QED) is 0.158. The Morgan fingerprint density at radius 2 is 0.983 bits per heavy atom. The van der Waals surface area contributed by atoms with Crippen molar-refractivity contribution in [3.05, 3.63) is 114 Å². The van der Waals surface area contributed by atoms with Crippen molar-refractivity contribution >= 4 is 28.4 Å². The molecule has 13 nitrogen and oxygen atoms in total. The molecule has 59 heavy (non-hydrogen) atoms. The number of nitrogens with zero attached hydrogens (tertiary/aromatic N) is 12. The summed E-state index contributed by atoms with van der Waals surface area (Å²) >= 11 is 0. The monoisotopic (exact) mass is 810 g/mol. The number of aryl methyl sites for hydroxylation is 1. The number of anilines is 1. The molecule has 0 radical (unpaired) electrons. The Labute approximate surface area is 354 Å². The van der Waals surface area contributed by atoms with Crippen molar-refractivity contribution in [1.82, 2.24) is 58.4 Å². The Kier molecular flexibility index (Phi) is 18.3. The Morgan fingerprint density at radius 3 is 1.49 bits per heavy atom. The fourth-order valence-electron chi connectivity index (χ4n) is 6.20. The van der Waals surface area contributed by atoms with E-state index < -0.39 is 0 Å². The first-order valence-electron chi connectivity index (χ1n) is 18.2. The molecule has 8 aromatic heterocycles. The van der Waals surface area contributed by atoms with Crippen LogP contribution < -0.4 is 5.73 Å². The van der Waals surface area contributed by atoms with E-state index in [0.717, 1.165) is 39.5 Å². The lowest BCUT2D eigenvalue weighted by molar-refractivity contribution is 0.551. The number of rotatable bonds is 0. The van der Waals surface area contributed by atoms with Gasteiger partial charge < -0.3 is 5.73 Å². The smallest absolute Gasteiger partial charge is 0.160 e. The van der Waals surface area contributed by atoms with E-state index in [0.29, 0.717) is 5.82 Å². The van der Waals surface area contributed by atoms with Gasteiger partial charge in [0.15, 0.2) is 28.4 Å². The SMILES string of the molecule is C.C.C.C.C.CC(C)(C)c1c(N)nn2cccnc12.CC(C)(C)c1cnc2cccnn12.CC(C)(C)c1cnn2cccnc12.Cc1nn2cccnc2c1C(C)(C)C. The lowest BCUT2D eigenvalue weighted by Gasteiger charge is -2.17. The highest BCUT2D eigenvalue weighted by Crippen LogP contribution is 2.30. The lowest BCUT2D eigenvalue weighted by atomic mass is 9.87. The summed E-state index contributed by atoms with van der Waals surface area (Å²) in [4.78, 5) is 17.3. The molecule has 0 saturated heterocycles. The van der Waals surface area contributed by atoms with Gasteiger partial charge in [0, 0.05) is 65.5 Å². The lowest BCUT2D eigenvalue weighted by Crippen LogP contribution is -2.15. The van der Waals surface area contributed by atoms with Gasteiger partial charge in [-0.2, -0.15) is 15.3 Å². The maximum absolute atomic E-state index is 5.87. The van der Waals surface area contributed by atoms with Crippen LogP contribution in [0.25, 0.3) is 22.6 Å². The second kappa shape index (κ2) is 20.3. The van der Waals surface area contributed by atoms with Crippen LogP contribution in [0.15, 0.2) is 86.1 Å². The third kappa shape index (κ3) is 12.2. The van der Waals surface area contributed by atoms with E-state index in [1.54, 1.807) is 27.6 Å². The molecule has 8 heterocycles. The molecule has 2 N–H and O–H groups in total. The molecule has 8 rings (SSSR count). The molecule has 0 spiro atoms. The molecule has 0 atom stereocenters. The number of fused-ring (bicyclic) bond motifs is 4. The van der Waals surface area contributed by atoms with E-state index in [9.17, 15) is 0 Å². The zero-order chi connectivity index (χ0) is 39.6. The van der Waals surface area contributed by atoms with E-state index in [4.69, 9.17) is 5.73 Å². The molecule has 13 heteroatoms. The summed E-state index contributed by atoms with van der Waals surface area (Å²) in [7, 11) is 0. The number of imidazole rings is 1. The van der Waals surface area contributed by atoms with Crippen LogP contribution in [-0.2, 0) is 21.7 Å². The van der Waals surface area contributed by atoms with E-state index >= 15 is 0 Å². The third-order valence-electron chi connectivity index (χ3n) is 8.63. The molecule has 0 aromatic carbocycles. The summed E-state index contributed by atoms with van der Waals surface area (Å²) in [5, 5.41) is 17.1. The summed E-state index contributed by atoms with van der Waals surface area (Å²) in [6, 6.07) is 9.47. The molecule has 0 aliphatic rings. The summed E-state index contributed by atoms with van der Waals surface area (Å²) in [6.07, 6.45) is 16.6. The van der Waals surface area contributed by atoms with Gasteiger partial charge in [-0.1, -0.05) is 120 Å². The number of hydrogen-bond acceptors (Lipinski definition) is 9. The fraction of sp³-hybridized carbons (Fsp3) is 0.478. The molecule has 324 valence electrons. The molecule has 0 bridgehead atoms. The van der Waals surface area contributed by atoms with Crippen molar-refractivity contribution in [2.45, 2.75) is 149 Å². The number of nitrogen functional groups attached to an aromatic ring is 1. The van der Waals surface area contributed by atoms with Crippen molar-refractivity contribution in [2.24, 2.45) is 0 Å². The molecule has 0 aliphatic heterocycles. The molecule has 0 unspecified atom stereocenters. The van der Waals surface area contributed by atoms with Crippen molar-refractivity contribution in [2.75, 3.05) is 5.73 Å². The van der Waals surface area contributed by atoms with E-state index in [1.807, 2.05) is 83.5 Å². The topological polar surface area (TPSA) is 147 Å². The van der Waals surface area contributed by atoms with Crippen LogP contribution in [0.3, 0.4) is 0 Å². The van der Waals surface area contributed by atoms with Gasteiger partial charge in [-0.3, -0.25) is 0 Å². The summed E-state index contributed by atoms with van der Waals surface area (Å²) in [6.45, 7) is 27.9. The second-order valence-corrected chi connectivity index (χ2v) is 17.4. The minimum atomic E-state index is -0.0276. The normalized spacial score (nSPS) is 11.2. The summed E-state index contributed by atoms with van der Waals surface area (Å²) in [5.74, 6) is 0.566. The van der Waals surface area contributed by atoms with Crippen LogP contribution in [0.1, 0.15) is 148 Å². The summed E-state index contributed by atoms with van der Waals surface area (Å²) < 4.78 is 7.26. The Bertz CT molecular complexity index is 2300. The Hall–Kier alpha value is -5.72. The number of hydrogen-bond donors (Lipinski definition) is 1. The largest absolute Gasteiger partial charge is 0.382 e. The highest BCUT2D eigenvalue weighted by Gasteiger charge is 2.25. The number of aromatic nitrogens is 12. The average Bonchev–Trinajstić information content (AvgIpc) is 3.85. The first-order chi connectivity index (χ1) is 25.2. The first-order valence-corrected chi connectivity index (χ1v) is 18.2. The first kappa shape index (κ1) is 53.3. The van der Waals surface area contributed by atoms with Crippen LogP contribution >= 0.6 is 0 Å². The zero-order valence-corrected chi connectivity index (χ0v) is 34.0. The van der Waals surface area contributed by atoms with Crippen LogP contribution in [0.2, 0.25) is 0 Å². The molecule has 0 fully saturated rings. The van der Waals surface area contributed by atoms with E-state index in [1.165, 1.54) is 11.1 Å². The van der Waals surface area contributed by atoms with Gasteiger partial charge in [0.2, 0.25) is 0 Å². The minimum absolute atomic E-state index is 0. The van der Waals surface area contributed by atoms with E-state index in [-0.39, 0.29) is 58.8 Å². The van der Waals surface area contributed by atoms with Gasteiger partial charge in [-0.05, 0) is 53.5 Å². The third-order valence-corrected chi connectivity index (χ3v) is 8.63. The van der Waals surface area contributed by atoms with Crippen LogP contribution in [0.5, 0.6) is 0 Å². The predicted octanol–water partition coefficient (Wildman–Crippen LogP) is 11.2. The molecule has 0 saturated carbocycles. The van der Waals surface area contributed by atoms with Gasteiger partial charge >= 0.3 is 0 Å². The van der Waals surface area contributed by atoms with Gasteiger partial charge in [0.1, 0.15) is 0 Å². The van der Waals surface area contributed by atoms with Gasteiger partial charge in [-0.25, -0.2) is 38.0 Å². The Balaban J connectivity index is 0.000000740. The highest BCUT2D eigenvalue weighted by atomic mass is 15.3. The maximum atomic E-state index is 5.87. The van der Waals surface area contributed by atoms with Crippen LogP contribution in [0.4, 0.5) is 5.82 Å². The fourth-order valence-corrected chi connectivity index (χ4v) is 6.20. The Morgan fingerprint density at radius 1 is 0.492 bits per heavy atom. The minimum Gasteiger partial charge on any atom is -0.382 e. The number of nitrogens with two attached hydrogens (primary N) is 1. The second-order valence-electron chi connectivity index (χ2n) is 17.4. The summed E-state index contributed by atoms with van der Waals surface area (Å²) in [5.41, 5.74) is 15.5. The van der Waals surface area contributed by atoms with Gasteiger partial charge in [-0.15, -0.1) is 5.10 Å². The molecule has 0 aliphatic carbocycles. The van der Waals surface area contributed by atoms with Crippen LogP contribution in [0, 0.1) is 6.92 Å². The maximum Gasteiger partial charge on any atom is 0.160 e. The highest BCUT2D eigenvalue weighted by molar-refractivity contribution is 5.62. The predicted molar refractivity (Wildman–Crippen MR) is 250 cm³/mol. The zero-order valence-electron chi connectivity index (χ0n) is 34.0. The van der Waals surface area contributed by atoms with Crippen molar-refractivity contribution in [1.29, 1.82) is 0 Å². The van der Waals surface area contributed by atoms with Crippen molar-refractivity contribution in [3.8, 4) is 0 Å². The van der Waals surface area contributed by atoms with Crippen LogP contribution in [-0.4, -0.2) is 58.4 Å². The van der Waals surface area contributed by atoms with Crippen molar-refractivity contribution in [3.63, 3.8) is 0 Å². The van der Waals surface area contributed by atoms with E-state index in [2.05, 4.69) is 123 Å².